The van der Waals surface area contributed by atoms with Gasteiger partial charge in [-0.2, -0.15) is 0 Å². The smallest absolute Gasteiger partial charge is 0.263 e. The van der Waals surface area contributed by atoms with Crippen LogP contribution in [0.25, 0.3) is 11.0 Å². The summed E-state index contributed by atoms with van der Waals surface area (Å²) < 4.78 is 32.3. The second-order valence-corrected chi connectivity index (χ2v) is 10.7. The van der Waals surface area contributed by atoms with Crippen LogP contribution in [-0.2, 0) is 22.5 Å². The summed E-state index contributed by atoms with van der Waals surface area (Å²) in [6, 6.07) is 7.04. The Bertz CT molecular complexity index is 1400. The molecule has 12 heteroatoms. The topological polar surface area (TPSA) is 148 Å². The summed E-state index contributed by atoms with van der Waals surface area (Å²) in [7, 11) is 0. The van der Waals surface area contributed by atoms with Crippen molar-refractivity contribution < 1.29 is 33.6 Å². The summed E-state index contributed by atoms with van der Waals surface area (Å²) in [5, 5.41) is 26.7. The van der Waals surface area contributed by atoms with Gasteiger partial charge in [0.15, 0.2) is 18.2 Å². The molecule has 6 heterocycles. The van der Waals surface area contributed by atoms with Crippen LogP contribution in [0.5, 0.6) is 11.6 Å². The molecule has 0 spiro atoms. The summed E-state index contributed by atoms with van der Waals surface area (Å²) in [5.41, 5.74) is 0.877. The summed E-state index contributed by atoms with van der Waals surface area (Å²) in [6.07, 6.45) is 3.53. The number of ether oxygens (including phenoxy) is 3. The lowest BCUT2D eigenvalue weighted by molar-refractivity contribution is -0.208. The van der Waals surface area contributed by atoms with Gasteiger partial charge in [-0.3, -0.25) is 9.78 Å². The number of aliphatic hydroxyl groups is 2. The molecule has 2 saturated heterocycles. The molecule has 0 radical (unpaired) electrons. The van der Waals surface area contributed by atoms with Gasteiger partial charge in [0.2, 0.25) is 5.88 Å². The van der Waals surface area contributed by atoms with Gasteiger partial charge in [0, 0.05) is 43.2 Å². The number of nitrogens with one attached hydrogen (secondary N) is 2. The van der Waals surface area contributed by atoms with Crippen LogP contribution in [0.15, 0.2) is 30.5 Å². The minimum Gasteiger partial charge on any atom is -0.480 e. The zero-order valence-corrected chi connectivity index (χ0v) is 22.0. The minimum atomic E-state index is -0.933. The normalized spacial score (nSPS) is 24.3. The van der Waals surface area contributed by atoms with Crippen LogP contribution in [0.4, 0.5) is 10.2 Å². The fraction of sp³-hybridized carbons (Fsp3) is 0.500. The lowest BCUT2D eigenvalue weighted by atomic mass is 9.68. The maximum atomic E-state index is 15.0. The van der Waals surface area contributed by atoms with E-state index in [0.29, 0.717) is 60.9 Å². The minimum absolute atomic E-state index is 0.0000831. The number of nitrogens with zero attached hydrogens (tertiary/aromatic N) is 3. The molecule has 2 bridgehead atoms. The van der Waals surface area contributed by atoms with Gasteiger partial charge >= 0.3 is 0 Å². The largest absolute Gasteiger partial charge is 0.480 e. The van der Waals surface area contributed by atoms with Crippen LogP contribution in [0.3, 0.4) is 0 Å². The molecule has 7 rings (SSSR count). The lowest BCUT2D eigenvalue weighted by Gasteiger charge is -2.55. The second-order valence-electron chi connectivity index (χ2n) is 10.7. The van der Waals surface area contributed by atoms with E-state index < -0.39 is 17.5 Å². The van der Waals surface area contributed by atoms with E-state index in [1.54, 1.807) is 18.2 Å². The van der Waals surface area contributed by atoms with Gasteiger partial charge in [0.1, 0.15) is 5.82 Å². The number of rotatable bonds is 10. The van der Waals surface area contributed by atoms with Crippen LogP contribution in [0, 0.1) is 5.82 Å². The van der Waals surface area contributed by atoms with E-state index in [4.69, 9.17) is 19.3 Å². The third-order valence-electron chi connectivity index (χ3n) is 8.16. The Morgan fingerprint density at radius 3 is 2.80 bits per heavy atom. The van der Waals surface area contributed by atoms with Crippen LogP contribution in [0.2, 0.25) is 0 Å². The molecule has 40 heavy (non-hydrogen) atoms. The van der Waals surface area contributed by atoms with Crippen LogP contribution in [0.1, 0.15) is 43.4 Å². The molecule has 0 aromatic carbocycles. The zero-order valence-electron chi connectivity index (χ0n) is 22.0. The Kier molecular flexibility index (Phi) is 7.26. The first-order valence-electron chi connectivity index (χ1n) is 13.6. The number of hydrogen-bond acceptors (Lipinski definition) is 10. The third kappa shape index (κ3) is 5.19. The number of halogens is 1. The molecule has 1 amide bonds. The number of carbonyl (C=O) groups is 1. The Morgan fingerprint density at radius 2 is 2.02 bits per heavy atom. The molecule has 1 atom stereocenters. The molecule has 11 nitrogen and oxygen atoms in total. The van der Waals surface area contributed by atoms with Crippen molar-refractivity contribution in [1.29, 1.82) is 0 Å². The number of aliphatic hydroxyl groups excluding tert-OH is 2. The van der Waals surface area contributed by atoms with Gasteiger partial charge in [-0.25, -0.2) is 14.4 Å². The fourth-order valence-electron chi connectivity index (χ4n) is 5.73. The quantitative estimate of drug-likeness (QED) is 0.275. The van der Waals surface area contributed by atoms with Crippen molar-refractivity contribution in [1.82, 2.24) is 20.3 Å². The number of amides is 1. The van der Waals surface area contributed by atoms with Gasteiger partial charge in [0.25, 0.3) is 5.91 Å². The standard InChI is InChI=1S/C28H32FN5O6/c29-19-14-30-20-3-5-24(38-11-1-10-35)34-25(20)18(19)12-22(36)28-8-6-27(7-9-28,16-40-28)31-13-17-2-4-21-26(32-17)33-23(37)15-39-21/h2-5,14,22,31,35-36H,1,6-13,15-16H2,(H,32,33,37). The van der Waals surface area contributed by atoms with E-state index in [2.05, 4.69) is 25.6 Å². The molecule has 3 aromatic rings. The van der Waals surface area contributed by atoms with Crippen LogP contribution in [-0.4, -0.2) is 74.7 Å². The highest BCUT2D eigenvalue weighted by Crippen LogP contribution is 2.46. The van der Waals surface area contributed by atoms with Gasteiger partial charge in [-0.1, -0.05) is 0 Å². The van der Waals surface area contributed by atoms with Crippen molar-refractivity contribution in [3.63, 3.8) is 0 Å². The summed E-state index contributed by atoms with van der Waals surface area (Å²) in [5.74, 6) is 0.525. The average Bonchev–Trinajstić information content (AvgIpc) is 2.98. The van der Waals surface area contributed by atoms with E-state index in [1.165, 1.54) is 0 Å². The summed E-state index contributed by atoms with van der Waals surface area (Å²) >= 11 is 0. The van der Waals surface area contributed by atoms with Crippen molar-refractivity contribution in [2.75, 3.05) is 31.7 Å². The van der Waals surface area contributed by atoms with Crippen LogP contribution >= 0.6 is 0 Å². The van der Waals surface area contributed by atoms with Crippen LogP contribution < -0.4 is 20.1 Å². The number of fused-ring (bicyclic) bond motifs is 5. The van der Waals surface area contributed by atoms with E-state index in [9.17, 15) is 14.3 Å². The highest BCUT2D eigenvalue weighted by Gasteiger charge is 2.53. The number of pyridine rings is 3. The molecule has 1 saturated carbocycles. The number of anilines is 1. The number of carbonyl (C=O) groups excluding carboxylic acids is 1. The van der Waals surface area contributed by atoms with Gasteiger partial charge in [-0.05, 0) is 43.9 Å². The van der Waals surface area contributed by atoms with Crippen molar-refractivity contribution >= 4 is 22.8 Å². The molecule has 4 aliphatic rings. The van der Waals surface area contributed by atoms with E-state index in [-0.39, 0.29) is 43.3 Å². The average molecular weight is 554 g/mol. The second kappa shape index (κ2) is 10.8. The molecule has 3 fully saturated rings. The third-order valence-corrected chi connectivity index (χ3v) is 8.16. The maximum absolute atomic E-state index is 15.0. The van der Waals surface area contributed by atoms with Gasteiger partial charge in [-0.15, -0.1) is 0 Å². The van der Waals surface area contributed by atoms with Crippen molar-refractivity contribution in [3.8, 4) is 11.6 Å². The fourth-order valence-corrected chi connectivity index (χ4v) is 5.73. The molecule has 3 aliphatic heterocycles. The Labute approximate surface area is 230 Å². The predicted molar refractivity (Wildman–Crippen MR) is 141 cm³/mol. The molecule has 4 N–H and O–H groups in total. The maximum Gasteiger partial charge on any atom is 0.263 e. The molecule has 1 unspecified atom stereocenters. The Balaban J connectivity index is 1.12. The van der Waals surface area contributed by atoms with E-state index in [1.807, 2.05) is 6.07 Å². The Hall–Kier alpha value is -3.45. The SMILES string of the molecule is O=C1COc2ccc(CNC34CCC(C(O)Cc5c(F)cnc6ccc(OCCCO)nc56)(CC3)OC4)nc2N1. The molecule has 3 aromatic heterocycles. The van der Waals surface area contributed by atoms with E-state index >= 15 is 0 Å². The summed E-state index contributed by atoms with van der Waals surface area (Å²) in [6.45, 7) is 1.18. The van der Waals surface area contributed by atoms with E-state index in [0.717, 1.165) is 24.7 Å². The number of hydrogen-bond donors (Lipinski definition) is 4. The first-order chi connectivity index (χ1) is 19.4. The Morgan fingerprint density at radius 1 is 1.18 bits per heavy atom. The zero-order chi connectivity index (χ0) is 27.7. The first kappa shape index (κ1) is 26.8. The van der Waals surface area contributed by atoms with Gasteiger partial charge < -0.3 is 35.1 Å². The van der Waals surface area contributed by atoms with Crippen molar-refractivity contribution in [3.05, 3.63) is 47.5 Å². The predicted octanol–water partition coefficient (Wildman–Crippen LogP) is 2.03. The lowest BCUT2D eigenvalue weighted by Crippen LogP contribution is -2.65. The monoisotopic (exact) mass is 553 g/mol. The van der Waals surface area contributed by atoms with Crippen molar-refractivity contribution in [2.24, 2.45) is 0 Å². The number of aromatic nitrogens is 3. The van der Waals surface area contributed by atoms with Gasteiger partial charge in [0.05, 0.1) is 47.8 Å². The molecular formula is C28H32FN5O6. The molecular weight excluding hydrogens is 521 g/mol. The highest BCUT2D eigenvalue weighted by molar-refractivity contribution is 5.94. The van der Waals surface area contributed by atoms with Crippen molar-refractivity contribution in [2.45, 2.75) is 62.3 Å². The summed E-state index contributed by atoms with van der Waals surface area (Å²) in [4.78, 5) is 24.7. The first-order valence-corrected chi connectivity index (χ1v) is 13.6. The molecule has 212 valence electrons. The molecule has 1 aliphatic carbocycles. The highest BCUT2D eigenvalue weighted by atomic mass is 19.1.